The highest BCUT2D eigenvalue weighted by molar-refractivity contribution is 9.10. The van der Waals surface area contributed by atoms with E-state index in [2.05, 4.69) is 20.9 Å². The number of aromatic nitrogens is 1. The largest absolute Gasteiger partial charge is 0.438 e. The van der Waals surface area contributed by atoms with Gasteiger partial charge in [-0.1, -0.05) is 0 Å². The molecule has 2 aromatic rings. The minimum absolute atomic E-state index is 0.0268. The van der Waals surface area contributed by atoms with Gasteiger partial charge in [0.1, 0.15) is 11.6 Å². The first-order chi connectivity index (χ1) is 9.27. The summed E-state index contributed by atoms with van der Waals surface area (Å²) < 4.78 is 56.4. The van der Waals surface area contributed by atoms with Gasteiger partial charge in [-0.2, -0.15) is 13.2 Å². The van der Waals surface area contributed by atoms with Crippen LogP contribution in [0.4, 0.5) is 23.2 Å². The summed E-state index contributed by atoms with van der Waals surface area (Å²) in [5, 5.41) is 0. The number of halogens is 5. The number of hydrogen-bond donors (Lipinski definition) is 1. The highest BCUT2D eigenvalue weighted by Gasteiger charge is 2.34. The summed E-state index contributed by atoms with van der Waals surface area (Å²) in [6.45, 7) is 0. The van der Waals surface area contributed by atoms with E-state index in [-0.39, 0.29) is 11.6 Å². The Morgan fingerprint density at radius 1 is 1.20 bits per heavy atom. The van der Waals surface area contributed by atoms with Crippen molar-refractivity contribution in [3.63, 3.8) is 0 Å². The number of benzene rings is 1. The van der Waals surface area contributed by atoms with Crippen LogP contribution in [0.1, 0.15) is 5.56 Å². The molecule has 0 aliphatic heterocycles. The third-order valence-corrected chi connectivity index (χ3v) is 2.85. The van der Waals surface area contributed by atoms with Gasteiger partial charge < -0.3 is 10.5 Å². The summed E-state index contributed by atoms with van der Waals surface area (Å²) in [6, 6.07) is 3.81. The van der Waals surface area contributed by atoms with Crippen molar-refractivity contribution in [2.45, 2.75) is 6.18 Å². The molecule has 1 aromatic heterocycles. The molecule has 0 bridgehead atoms. The molecule has 3 nitrogen and oxygen atoms in total. The lowest BCUT2D eigenvalue weighted by atomic mass is 10.2. The Labute approximate surface area is 119 Å². The van der Waals surface area contributed by atoms with Crippen molar-refractivity contribution in [1.29, 1.82) is 0 Å². The zero-order valence-electron chi connectivity index (χ0n) is 9.71. The fourth-order valence-electron chi connectivity index (χ4n) is 1.41. The zero-order valence-corrected chi connectivity index (χ0v) is 11.3. The summed E-state index contributed by atoms with van der Waals surface area (Å²) in [5.74, 6) is -1.52. The lowest BCUT2D eigenvalue weighted by Crippen LogP contribution is -2.08. The number of anilines is 1. The van der Waals surface area contributed by atoms with Crippen molar-refractivity contribution in [2.75, 3.05) is 5.73 Å². The molecule has 8 heteroatoms. The Morgan fingerprint density at radius 3 is 2.50 bits per heavy atom. The fraction of sp³-hybridized carbons (Fsp3) is 0.0833. The molecule has 20 heavy (non-hydrogen) atoms. The van der Waals surface area contributed by atoms with E-state index < -0.39 is 17.6 Å². The van der Waals surface area contributed by atoms with Gasteiger partial charge in [0.05, 0.1) is 21.9 Å². The third-order valence-electron chi connectivity index (χ3n) is 2.29. The number of pyridine rings is 1. The summed E-state index contributed by atoms with van der Waals surface area (Å²) in [6.07, 6.45) is -3.51. The monoisotopic (exact) mass is 350 g/mol. The SMILES string of the molecule is Nc1cnc(Oc2ccc(F)c(C(F)(F)F)c2)c(Br)c1. The molecule has 2 N–H and O–H groups in total. The number of hydrogen-bond acceptors (Lipinski definition) is 3. The van der Waals surface area contributed by atoms with Crippen LogP contribution in [0.3, 0.4) is 0 Å². The number of ether oxygens (including phenoxy) is 1. The molecule has 1 aromatic carbocycles. The molecule has 0 unspecified atom stereocenters. The van der Waals surface area contributed by atoms with Gasteiger partial charge in [0.2, 0.25) is 5.88 Å². The van der Waals surface area contributed by atoms with Crippen molar-refractivity contribution in [2.24, 2.45) is 0 Å². The van der Waals surface area contributed by atoms with Crippen LogP contribution in [0.15, 0.2) is 34.9 Å². The molecule has 0 aliphatic carbocycles. The van der Waals surface area contributed by atoms with Gasteiger partial charge in [-0.3, -0.25) is 0 Å². The first-order valence-electron chi connectivity index (χ1n) is 5.23. The predicted molar refractivity (Wildman–Crippen MR) is 67.8 cm³/mol. The molecule has 0 aliphatic rings. The van der Waals surface area contributed by atoms with E-state index in [0.29, 0.717) is 22.3 Å². The maximum absolute atomic E-state index is 13.1. The Hall–Kier alpha value is -1.83. The standard InChI is InChI=1S/C12H7BrF4N2O/c13-9-3-6(18)5-19-11(9)20-7-1-2-10(14)8(4-7)12(15,16)17/h1-5H,18H2. The molecule has 1 heterocycles. The Morgan fingerprint density at radius 2 is 1.90 bits per heavy atom. The van der Waals surface area contributed by atoms with Crippen LogP contribution in [-0.4, -0.2) is 4.98 Å². The van der Waals surface area contributed by atoms with Gasteiger partial charge in [-0.05, 0) is 40.2 Å². The van der Waals surface area contributed by atoms with Crippen LogP contribution in [-0.2, 0) is 6.18 Å². The molecular formula is C12H7BrF4N2O. The quantitative estimate of drug-likeness (QED) is 0.817. The van der Waals surface area contributed by atoms with Crippen LogP contribution < -0.4 is 10.5 Å². The minimum Gasteiger partial charge on any atom is -0.438 e. The van der Waals surface area contributed by atoms with Gasteiger partial charge in [0.15, 0.2) is 0 Å². The van der Waals surface area contributed by atoms with E-state index >= 15 is 0 Å². The molecule has 0 amide bonds. The number of nitrogens with two attached hydrogens (primary N) is 1. The number of nitrogens with zero attached hydrogens (tertiary/aromatic N) is 1. The van der Waals surface area contributed by atoms with E-state index in [1.165, 1.54) is 12.3 Å². The van der Waals surface area contributed by atoms with E-state index in [4.69, 9.17) is 10.5 Å². The van der Waals surface area contributed by atoms with Gasteiger partial charge in [-0.15, -0.1) is 0 Å². The van der Waals surface area contributed by atoms with Crippen LogP contribution in [0.2, 0.25) is 0 Å². The second kappa shape index (κ2) is 5.28. The molecule has 0 radical (unpaired) electrons. The van der Waals surface area contributed by atoms with E-state index in [9.17, 15) is 17.6 Å². The maximum Gasteiger partial charge on any atom is 0.419 e. The molecule has 0 fully saturated rings. The average Bonchev–Trinajstić information content (AvgIpc) is 2.33. The van der Waals surface area contributed by atoms with Crippen LogP contribution in [0.5, 0.6) is 11.6 Å². The molecule has 0 atom stereocenters. The third kappa shape index (κ3) is 3.19. The lowest BCUT2D eigenvalue weighted by molar-refractivity contribution is -0.140. The van der Waals surface area contributed by atoms with Crippen LogP contribution >= 0.6 is 15.9 Å². The number of rotatable bonds is 2. The first-order valence-corrected chi connectivity index (χ1v) is 6.02. The van der Waals surface area contributed by atoms with Crippen molar-refractivity contribution >= 4 is 21.6 Å². The molecular weight excluding hydrogens is 344 g/mol. The normalized spacial score (nSPS) is 11.4. The summed E-state index contributed by atoms with van der Waals surface area (Å²) in [7, 11) is 0. The van der Waals surface area contributed by atoms with Crippen LogP contribution in [0.25, 0.3) is 0 Å². The zero-order chi connectivity index (χ0) is 14.9. The van der Waals surface area contributed by atoms with Gasteiger partial charge in [0.25, 0.3) is 0 Å². The first kappa shape index (κ1) is 14.6. The second-order valence-electron chi connectivity index (χ2n) is 3.80. The van der Waals surface area contributed by atoms with Gasteiger partial charge in [0, 0.05) is 0 Å². The highest BCUT2D eigenvalue weighted by atomic mass is 79.9. The van der Waals surface area contributed by atoms with Crippen LogP contribution in [0, 0.1) is 5.82 Å². The topological polar surface area (TPSA) is 48.1 Å². The maximum atomic E-state index is 13.1. The highest BCUT2D eigenvalue weighted by Crippen LogP contribution is 2.35. The number of nitrogen functional groups attached to an aromatic ring is 1. The molecule has 0 spiro atoms. The van der Waals surface area contributed by atoms with E-state index in [1.807, 2.05) is 0 Å². The van der Waals surface area contributed by atoms with Crippen molar-refractivity contribution in [3.05, 3.63) is 46.3 Å². The minimum atomic E-state index is -4.80. The van der Waals surface area contributed by atoms with Crippen molar-refractivity contribution in [3.8, 4) is 11.6 Å². The van der Waals surface area contributed by atoms with Gasteiger partial charge in [-0.25, -0.2) is 9.37 Å². The molecule has 0 saturated carbocycles. The predicted octanol–water partition coefficient (Wildman–Crippen LogP) is 4.38. The van der Waals surface area contributed by atoms with Crippen molar-refractivity contribution in [1.82, 2.24) is 4.98 Å². The second-order valence-corrected chi connectivity index (χ2v) is 4.65. The van der Waals surface area contributed by atoms with E-state index in [0.717, 1.165) is 6.07 Å². The lowest BCUT2D eigenvalue weighted by Gasteiger charge is -2.11. The smallest absolute Gasteiger partial charge is 0.419 e. The van der Waals surface area contributed by atoms with Gasteiger partial charge >= 0.3 is 6.18 Å². The van der Waals surface area contributed by atoms with E-state index in [1.54, 1.807) is 0 Å². The fourth-order valence-corrected chi connectivity index (χ4v) is 1.86. The molecule has 0 saturated heterocycles. The summed E-state index contributed by atoms with van der Waals surface area (Å²) in [5.41, 5.74) is 4.43. The number of alkyl halides is 3. The Balaban J connectivity index is 2.35. The van der Waals surface area contributed by atoms with Crippen molar-refractivity contribution < 1.29 is 22.3 Å². The average molecular weight is 351 g/mol. The molecule has 106 valence electrons. The Bertz CT molecular complexity index is 646. The Kier molecular flexibility index (Phi) is 3.85. The molecule has 2 rings (SSSR count). The summed E-state index contributed by atoms with van der Waals surface area (Å²) in [4.78, 5) is 3.82. The summed E-state index contributed by atoms with van der Waals surface area (Å²) >= 11 is 3.11.